The molecule has 1 saturated carbocycles. The van der Waals surface area contributed by atoms with Gasteiger partial charge in [-0.05, 0) is 43.4 Å². The van der Waals surface area contributed by atoms with E-state index < -0.39 is 0 Å². The minimum atomic E-state index is -0.112. The molecule has 7 heteroatoms. The van der Waals surface area contributed by atoms with E-state index in [1.165, 1.54) is 25.5 Å². The molecule has 1 aromatic heterocycles. The van der Waals surface area contributed by atoms with Gasteiger partial charge in [0.15, 0.2) is 0 Å². The summed E-state index contributed by atoms with van der Waals surface area (Å²) < 4.78 is 4.98. The van der Waals surface area contributed by atoms with Crippen LogP contribution in [0, 0.1) is 0 Å². The molecule has 2 fully saturated rings. The van der Waals surface area contributed by atoms with Gasteiger partial charge in [-0.1, -0.05) is 19.3 Å². The van der Waals surface area contributed by atoms with Crippen molar-refractivity contribution in [3.05, 3.63) is 23.1 Å². The van der Waals surface area contributed by atoms with Crippen LogP contribution in [0.5, 0.6) is 0 Å². The lowest BCUT2D eigenvalue weighted by Gasteiger charge is -2.33. The van der Waals surface area contributed by atoms with Gasteiger partial charge in [0.2, 0.25) is 5.22 Å². The van der Waals surface area contributed by atoms with Gasteiger partial charge < -0.3 is 20.0 Å². The maximum atomic E-state index is 12.4. The van der Waals surface area contributed by atoms with Crippen LogP contribution >= 0.6 is 11.6 Å². The smallest absolute Gasteiger partial charge is 0.315 e. The Morgan fingerprint density at radius 2 is 1.67 bits per heavy atom. The number of piperidine rings is 1. The molecule has 2 heterocycles. The van der Waals surface area contributed by atoms with Gasteiger partial charge in [0.25, 0.3) is 5.91 Å². The highest BCUT2D eigenvalue weighted by Gasteiger charge is 2.27. The van der Waals surface area contributed by atoms with Crippen molar-refractivity contribution in [2.24, 2.45) is 0 Å². The van der Waals surface area contributed by atoms with Crippen molar-refractivity contribution in [3.8, 4) is 0 Å². The van der Waals surface area contributed by atoms with E-state index in [1.807, 2.05) is 0 Å². The zero-order chi connectivity index (χ0) is 16.9. The fourth-order valence-electron chi connectivity index (χ4n) is 3.50. The summed E-state index contributed by atoms with van der Waals surface area (Å²) in [4.78, 5) is 26.2. The Bertz CT molecular complexity index is 575. The number of carbonyl (C=O) groups is 2. The first-order valence-corrected chi connectivity index (χ1v) is 9.10. The zero-order valence-electron chi connectivity index (χ0n) is 13.7. The van der Waals surface area contributed by atoms with E-state index in [-0.39, 0.29) is 23.2 Å². The van der Waals surface area contributed by atoms with E-state index in [9.17, 15) is 9.59 Å². The van der Waals surface area contributed by atoms with E-state index in [1.54, 1.807) is 11.0 Å². The Balaban J connectivity index is 1.42. The fourth-order valence-corrected chi connectivity index (χ4v) is 3.70. The molecule has 1 aliphatic carbocycles. The lowest BCUT2D eigenvalue weighted by molar-refractivity contribution is 0.0707. The molecule has 1 aromatic rings. The molecule has 3 rings (SSSR count). The summed E-state index contributed by atoms with van der Waals surface area (Å²) in [6.45, 7) is 1.21. The van der Waals surface area contributed by atoms with Crippen molar-refractivity contribution in [1.29, 1.82) is 0 Å². The van der Waals surface area contributed by atoms with Crippen molar-refractivity contribution >= 4 is 23.5 Å². The van der Waals surface area contributed by atoms with E-state index in [4.69, 9.17) is 16.0 Å². The summed E-state index contributed by atoms with van der Waals surface area (Å²) in [5.41, 5.74) is 0.401. The van der Waals surface area contributed by atoms with Crippen LogP contribution < -0.4 is 10.6 Å². The molecule has 3 amide bonds. The third-order valence-corrected chi connectivity index (χ3v) is 5.20. The van der Waals surface area contributed by atoms with Crippen molar-refractivity contribution in [2.45, 2.75) is 57.0 Å². The molecule has 6 nitrogen and oxygen atoms in total. The van der Waals surface area contributed by atoms with Gasteiger partial charge in [-0.2, -0.15) is 0 Å². The number of likely N-dealkylation sites (tertiary alicyclic amines) is 1. The molecule has 2 aliphatic rings. The number of hydrogen-bond donors (Lipinski definition) is 2. The van der Waals surface area contributed by atoms with Crippen LogP contribution in [0.4, 0.5) is 4.79 Å². The maximum absolute atomic E-state index is 12.4. The van der Waals surface area contributed by atoms with Gasteiger partial charge in [0, 0.05) is 25.2 Å². The summed E-state index contributed by atoms with van der Waals surface area (Å²) in [5, 5.41) is 6.24. The molecule has 0 aromatic carbocycles. The maximum Gasteiger partial charge on any atom is 0.315 e. The number of nitrogens with one attached hydrogen (secondary N) is 2. The van der Waals surface area contributed by atoms with Crippen LogP contribution in [-0.4, -0.2) is 42.0 Å². The average molecular weight is 354 g/mol. The van der Waals surface area contributed by atoms with Crippen molar-refractivity contribution < 1.29 is 14.0 Å². The zero-order valence-corrected chi connectivity index (χ0v) is 14.5. The number of hydrogen-bond acceptors (Lipinski definition) is 3. The standard InChI is InChI=1S/C17H24ClN3O3/c18-15-14(8-11-24-15)16(22)21-9-6-13(7-10-21)20-17(23)19-12-4-2-1-3-5-12/h8,11-13H,1-7,9-10H2,(H2,19,20,23). The highest BCUT2D eigenvalue weighted by Crippen LogP contribution is 2.21. The van der Waals surface area contributed by atoms with Crippen LogP contribution in [0.1, 0.15) is 55.3 Å². The summed E-state index contributed by atoms with van der Waals surface area (Å²) in [6.07, 6.45) is 8.73. The number of urea groups is 1. The molecule has 132 valence electrons. The molecule has 1 aliphatic heterocycles. The molecule has 0 radical (unpaired) electrons. The summed E-state index contributed by atoms with van der Waals surface area (Å²) in [5.74, 6) is -0.112. The highest BCUT2D eigenvalue weighted by atomic mass is 35.5. The lowest BCUT2D eigenvalue weighted by Crippen LogP contribution is -2.51. The molecular formula is C17H24ClN3O3. The SMILES string of the molecule is O=C(NC1CCCCC1)NC1CCN(C(=O)c2ccoc2Cl)CC1. The molecule has 0 atom stereocenters. The van der Waals surface area contributed by atoms with Crippen LogP contribution in [0.2, 0.25) is 5.22 Å². The molecule has 24 heavy (non-hydrogen) atoms. The Morgan fingerprint density at radius 3 is 2.25 bits per heavy atom. The number of carbonyl (C=O) groups excluding carboxylic acids is 2. The number of halogens is 1. The molecule has 0 bridgehead atoms. The van der Waals surface area contributed by atoms with Crippen LogP contribution in [0.25, 0.3) is 0 Å². The molecule has 1 saturated heterocycles. The average Bonchev–Trinajstić information content (AvgIpc) is 3.02. The van der Waals surface area contributed by atoms with Crippen LogP contribution in [-0.2, 0) is 0 Å². The summed E-state index contributed by atoms with van der Waals surface area (Å²) >= 11 is 5.86. The number of furan rings is 1. The predicted molar refractivity (Wildman–Crippen MR) is 91.2 cm³/mol. The Hall–Kier alpha value is -1.69. The van der Waals surface area contributed by atoms with Gasteiger partial charge in [-0.3, -0.25) is 4.79 Å². The first-order valence-electron chi connectivity index (χ1n) is 8.73. The third-order valence-electron chi connectivity index (χ3n) is 4.91. The van der Waals surface area contributed by atoms with E-state index in [0.717, 1.165) is 25.7 Å². The van der Waals surface area contributed by atoms with E-state index in [0.29, 0.717) is 24.7 Å². The monoisotopic (exact) mass is 353 g/mol. The summed E-state index contributed by atoms with van der Waals surface area (Å²) in [7, 11) is 0. The largest absolute Gasteiger partial charge is 0.452 e. The van der Waals surface area contributed by atoms with Gasteiger partial charge in [-0.25, -0.2) is 4.79 Å². The normalized spacial score (nSPS) is 20.0. The van der Waals surface area contributed by atoms with Gasteiger partial charge in [0.05, 0.1) is 11.8 Å². The van der Waals surface area contributed by atoms with Gasteiger partial charge in [-0.15, -0.1) is 0 Å². The van der Waals surface area contributed by atoms with Gasteiger partial charge in [0.1, 0.15) is 0 Å². The van der Waals surface area contributed by atoms with Crippen LogP contribution in [0.15, 0.2) is 16.7 Å². The second kappa shape index (κ2) is 7.92. The quantitative estimate of drug-likeness (QED) is 0.876. The van der Waals surface area contributed by atoms with Crippen LogP contribution in [0.3, 0.4) is 0 Å². The molecule has 2 N–H and O–H groups in total. The minimum absolute atomic E-state index is 0.0791. The number of nitrogens with zero attached hydrogens (tertiary/aromatic N) is 1. The Morgan fingerprint density at radius 1 is 1.04 bits per heavy atom. The van der Waals surface area contributed by atoms with Crippen molar-refractivity contribution in [1.82, 2.24) is 15.5 Å². The highest BCUT2D eigenvalue weighted by molar-refractivity contribution is 6.32. The predicted octanol–water partition coefficient (Wildman–Crippen LogP) is 3.17. The minimum Gasteiger partial charge on any atom is -0.452 e. The number of rotatable bonds is 3. The first-order chi connectivity index (χ1) is 11.6. The topological polar surface area (TPSA) is 74.6 Å². The number of amides is 3. The second-order valence-corrected chi connectivity index (χ2v) is 6.97. The summed E-state index contributed by atoms with van der Waals surface area (Å²) in [6, 6.07) is 1.93. The Kier molecular flexibility index (Phi) is 5.66. The molecule has 0 spiro atoms. The Labute approximate surface area is 146 Å². The van der Waals surface area contributed by atoms with E-state index in [2.05, 4.69) is 10.6 Å². The van der Waals surface area contributed by atoms with Crippen molar-refractivity contribution in [2.75, 3.05) is 13.1 Å². The second-order valence-electron chi connectivity index (χ2n) is 6.63. The fraction of sp³-hybridized carbons (Fsp3) is 0.647. The lowest BCUT2D eigenvalue weighted by atomic mass is 9.96. The molecular weight excluding hydrogens is 330 g/mol. The van der Waals surface area contributed by atoms with Gasteiger partial charge >= 0.3 is 6.03 Å². The van der Waals surface area contributed by atoms with E-state index >= 15 is 0 Å². The first kappa shape index (κ1) is 17.1. The molecule has 0 unspecified atom stereocenters. The van der Waals surface area contributed by atoms with Crippen molar-refractivity contribution in [3.63, 3.8) is 0 Å². The third kappa shape index (κ3) is 4.23.